The van der Waals surface area contributed by atoms with Gasteiger partial charge in [-0.1, -0.05) is 18.2 Å². The predicted molar refractivity (Wildman–Crippen MR) is 134 cm³/mol. The number of imide groups is 2. The first-order valence-electron chi connectivity index (χ1n) is 10.6. The predicted octanol–water partition coefficient (Wildman–Crippen LogP) is 4.75. The van der Waals surface area contributed by atoms with Crippen LogP contribution in [0.1, 0.15) is 11.1 Å². The first kappa shape index (κ1) is 25.5. The van der Waals surface area contributed by atoms with Crippen LogP contribution in [0.3, 0.4) is 0 Å². The molecule has 188 valence electrons. The average molecular weight is 570 g/mol. The molecule has 1 heterocycles. The average Bonchev–Trinajstić information content (AvgIpc) is 2.85. The summed E-state index contributed by atoms with van der Waals surface area (Å²) in [4.78, 5) is 49.1. The molecular weight excluding hydrogens is 553 g/mol. The van der Waals surface area contributed by atoms with E-state index in [9.17, 15) is 28.9 Å². The highest BCUT2D eigenvalue weighted by atomic mass is 79.9. The summed E-state index contributed by atoms with van der Waals surface area (Å²) in [5.41, 5.74) is 0.163. The van der Waals surface area contributed by atoms with Crippen molar-refractivity contribution in [2.24, 2.45) is 0 Å². The highest BCUT2D eigenvalue weighted by Crippen LogP contribution is 2.38. The smallest absolute Gasteiger partial charge is 0.335 e. The van der Waals surface area contributed by atoms with Gasteiger partial charge in [0.15, 0.2) is 11.5 Å². The number of carbonyl (C=O) groups is 3. The Morgan fingerprint density at radius 3 is 2.57 bits per heavy atom. The second-order valence-electron chi connectivity index (χ2n) is 7.69. The zero-order valence-corrected chi connectivity index (χ0v) is 20.7. The minimum Gasteiger partial charge on any atom is -0.493 e. The summed E-state index contributed by atoms with van der Waals surface area (Å²) in [6.07, 6.45) is 1.25. The summed E-state index contributed by atoms with van der Waals surface area (Å²) in [6.45, 7) is 0.0499. The van der Waals surface area contributed by atoms with Crippen molar-refractivity contribution in [3.8, 4) is 11.5 Å². The molecule has 0 aliphatic carbocycles. The Morgan fingerprint density at radius 1 is 1.11 bits per heavy atom. The number of hydrogen-bond acceptors (Lipinski definition) is 7. The van der Waals surface area contributed by atoms with Crippen LogP contribution in [0.25, 0.3) is 6.08 Å². The van der Waals surface area contributed by atoms with Crippen LogP contribution in [0.5, 0.6) is 11.5 Å². The summed E-state index contributed by atoms with van der Waals surface area (Å²) in [5.74, 6) is -1.73. The number of anilines is 1. The largest absolute Gasteiger partial charge is 0.493 e. The van der Waals surface area contributed by atoms with Gasteiger partial charge in [-0.2, -0.15) is 0 Å². The quantitative estimate of drug-likeness (QED) is 0.188. The van der Waals surface area contributed by atoms with Crippen molar-refractivity contribution in [2.45, 2.75) is 6.61 Å². The van der Waals surface area contributed by atoms with E-state index in [0.29, 0.717) is 26.2 Å². The summed E-state index contributed by atoms with van der Waals surface area (Å²) >= 11 is 3.38. The number of methoxy groups -OCH3 is 1. The van der Waals surface area contributed by atoms with Crippen LogP contribution in [0, 0.1) is 15.9 Å². The second kappa shape index (κ2) is 10.6. The lowest BCUT2D eigenvalue weighted by atomic mass is 10.1. The van der Waals surface area contributed by atoms with Crippen LogP contribution < -0.4 is 19.7 Å². The molecule has 4 rings (SSSR count). The van der Waals surface area contributed by atoms with E-state index in [0.717, 1.165) is 6.07 Å². The topological polar surface area (TPSA) is 128 Å². The Hall–Kier alpha value is -4.58. The van der Waals surface area contributed by atoms with Crippen molar-refractivity contribution < 1.29 is 33.2 Å². The van der Waals surface area contributed by atoms with Gasteiger partial charge in [0.1, 0.15) is 18.0 Å². The van der Waals surface area contributed by atoms with Crippen molar-refractivity contribution in [3.63, 3.8) is 0 Å². The number of rotatable bonds is 7. The van der Waals surface area contributed by atoms with E-state index in [1.807, 2.05) is 0 Å². The molecule has 3 aromatic rings. The maximum absolute atomic E-state index is 13.5. The SMILES string of the molecule is COc1cc(/C=C2\C(=O)NC(=O)N(c3cccc([N+](=O)[O-])c3)C2=O)cc(Br)c1OCc1cccc(F)c1. The number of nitro benzene ring substituents is 1. The van der Waals surface area contributed by atoms with Gasteiger partial charge in [-0.25, -0.2) is 14.1 Å². The van der Waals surface area contributed by atoms with Gasteiger partial charge >= 0.3 is 6.03 Å². The standard InChI is InChI=1S/C25H17BrFN3O7/c1-36-21-11-15(10-20(26)22(21)37-13-14-4-2-5-16(27)8-14)9-19-23(31)28-25(33)29(24(19)32)17-6-3-7-18(12-17)30(34)35/h2-12H,13H2,1H3,(H,28,31,33)/b19-9+. The molecular formula is C25H17BrFN3O7. The van der Waals surface area contributed by atoms with Gasteiger partial charge < -0.3 is 9.47 Å². The molecule has 0 unspecified atom stereocenters. The summed E-state index contributed by atoms with van der Waals surface area (Å²) in [5, 5.41) is 13.2. The van der Waals surface area contributed by atoms with Crippen molar-refractivity contribution in [1.29, 1.82) is 0 Å². The highest BCUT2D eigenvalue weighted by Gasteiger charge is 2.37. The van der Waals surface area contributed by atoms with E-state index in [1.165, 1.54) is 49.6 Å². The molecule has 10 nitrogen and oxygen atoms in total. The number of nitrogens with zero attached hydrogens (tertiary/aromatic N) is 2. The number of nitrogens with one attached hydrogen (secondary N) is 1. The maximum atomic E-state index is 13.5. The van der Waals surface area contributed by atoms with E-state index in [-0.39, 0.29) is 29.3 Å². The maximum Gasteiger partial charge on any atom is 0.335 e. The van der Waals surface area contributed by atoms with Crippen LogP contribution in [-0.2, 0) is 16.2 Å². The molecule has 1 N–H and O–H groups in total. The Labute approximate surface area is 217 Å². The first-order chi connectivity index (χ1) is 17.7. The first-order valence-corrected chi connectivity index (χ1v) is 11.4. The van der Waals surface area contributed by atoms with E-state index in [2.05, 4.69) is 21.2 Å². The van der Waals surface area contributed by atoms with Crippen LogP contribution in [0.2, 0.25) is 0 Å². The number of nitro groups is 1. The molecule has 0 radical (unpaired) electrons. The van der Waals surface area contributed by atoms with E-state index in [1.54, 1.807) is 18.2 Å². The fraction of sp³-hybridized carbons (Fsp3) is 0.0800. The zero-order valence-electron chi connectivity index (χ0n) is 19.1. The zero-order chi connectivity index (χ0) is 26.7. The monoisotopic (exact) mass is 569 g/mol. The third kappa shape index (κ3) is 5.48. The molecule has 0 spiro atoms. The normalized spacial score (nSPS) is 14.5. The molecule has 0 bridgehead atoms. The second-order valence-corrected chi connectivity index (χ2v) is 8.54. The fourth-order valence-corrected chi connectivity index (χ4v) is 4.12. The molecule has 0 aromatic heterocycles. The molecule has 1 aliphatic heterocycles. The number of amides is 4. The van der Waals surface area contributed by atoms with Crippen molar-refractivity contribution in [3.05, 3.63) is 97.8 Å². The number of barbiturate groups is 1. The van der Waals surface area contributed by atoms with E-state index >= 15 is 0 Å². The lowest BCUT2D eigenvalue weighted by Gasteiger charge is -2.26. The van der Waals surface area contributed by atoms with Gasteiger partial charge in [0, 0.05) is 12.1 Å². The van der Waals surface area contributed by atoms with E-state index < -0.39 is 28.6 Å². The number of ether oxygens (including phenoxy) is 2. The van der Waals surface area contributed by atoms with Gasteiger partial charge in [0.05, 0.1) is 22.2 Å². The van der Waals surface area contributed by atoms with Gasteiger partial charge in [-0.15, -0.1) is 0 Å². The molecule has 0 atom stereocenters. The molecule has 12 heteroatoms. The van der Waals surface area contributed by atoms with Crippen molar-refractivity contribution >= 4 is 51.2 Å². The van der Waals surface area contributed by atoms with Crippen LogP contribution in [-0.4, -0.2) is 29.9 Å². The summed E-state index contributed by atoms with van der Waals surface area (Å²) in [6, 6.07) is 12.9. The summed E-state index contributed by atoms with van der Waals surface area (Å²) in [7, 11) is 1.40. The van der Waals surface area contributed by atoms with Gasteiger partial charge in [-0.3, -0.25) is 25.0 Å². The molecule has 3 aromatic carbocycles. The molecule has 0 saturated carbocycles. The number of benzene rings is 3. The van der Waals surface area contributed by atoms with Crippen molar-refractivity contribution in [1.82, 2.24) is 5.32 Å². The van der Waals surface area contributed by atoms with Crippen LogP contribution in [0.15, 0.2) is 70.7 Å². The third-order valence-corrected chi connectivity index (χ3v) is 5.82. The Morgan fingerprint density at radius 2 is 1.86 bits per heavy atom. The van der Waals surface area contributed by atoms with Crippen LogP contribution >= 0.6 is 15.9 Å². The fourth-order valence-electron chi connectivity index (χ4n) is 3.55. The minimum absolute atomic E-state index is 0.0499. The van der Waals surface area contributed by atoms with Gasteiger partial charge in [0.25, 0.3) is 17.5 Å². The summed E-state index contributed by atoms with van der Waals surface area (Å²) < 4.78 is 25.1. The molecule has 1 saturated heterocycles. The number of urea groups is 1. The van der Waals surface area contributed by atoms with Crippen LogP contribution in [0.4, 0.5) is 20.6 Å². The molecule has 1 fully saturated rings. The van der Waals surface area contributed by atoms with Crippen molar-refractivity contribution in [2.75, 3.05) is 12.0 Å². The number of halogens is 2. The van der Waals surface area contributed by atoms with Gasteiger partial charge in [-0.05, 0) is 63.5 Å². The lowest BCUT2D eigenvalue weighted by molar-refractivity contribution is -0.384. The molecule has 37 heavy (non-hydrogen) atoms. The number of hydrogen-bond donors (Lipinski definition) is 1. The highest BCUT2D eigenvalue weighted by molar-refractivity contribution is 9.10. The van der Waals surface area contributed by atoms with Gasteiger partial charge in [0.2, 0.25) is 0 Å². The molecule has 4 amide bonds. The minimum atomic E-state index is -1.03. The Balaban J connectivity index is 1.65. The lowest BCUT2D eigenvalue weighted by Crippen LogP contribution is -2.54. The Bertz CT molecular complexity index is 1470. The molecule has 1 aliphatic rings. The number of carbonyl (C=O) groups excluding carboxylic acids is 3. The number of non-ortho nitro benzene ring substituents is 1. The Kier molecular flexibility index (Phi) is 7.30. The van der Waals surface area contributed by atoms with E-state index in [4.69, 9.17) is 9.47 Å². The third-order valence-electron chi connectivity index (χ3n) is 5.24.